The molecule has 0 bridgehead atoms. The lowest BCUT2D eigenvalue weighted by Gasteiger charge is -2.03. The first-order valence-corrected chi connectivity index (χ1v) is 16.2. The molecule has 4 heteroatoms. The van der Waals surface area contributed by atoms with Crippen molar-refractivity contribution in [2.45, 2.75) is 97.3 Å². The van der Waals surface area contributed by atoms with E-state index in [0.29, 0.717) is 5.78 Å². The number of carbonyl (C=O) groups excluding carboxylic acids is 1. The average molecular weight is 599 g/mol. The molecular formula is C40H54O4. The third-order valence-corrected chi connectivity index (χ3v) is 6.83. The Kier molecular flexibility index (Phi) is 23.2. The summed E-state index contributed by atoms with van der Waals surface area (Å²) in [5, 5.41) is 0. The van der Waals surface area contributed by atoms with Crippen molar-refractivity contribution in [1.82, 2.24) is 0 Å². The summed E-state index contributed by atoms with van der Waals surface area (Å²) in [5.74, 6) is 3.82. The number of Topliss-reactive ketones (excluding diaryl/α,β-unsaturated/α-hetero) is 1. The van der Waals surface area contributed by atoms with E-state index in [1.165, 1.54) is 70.6 Å². The van der Waals surface area contributed by atoms with Gasteiger partial charge >= 0.3 is 0 Å². The van der Waals surface area contributed by atoms with Crippen molar-refractivity contribution in [2.75, 3.05) is 0 Å². The third-order valence-electron chi connectivity index (χ3n) is 6.83. The molecule has 0 spiro atoms. The molecule has 0 aliphatic rings. The van der Waals surface area contributed by atoms with Gasteiger partial charge in [0.05, 0.1) is 0 Å². The number of benzene rings is 4. The monoisotopic (exact) mass is 598 g/mol. The van der Waals surface area contributed by atoms with Gasteiger partial charge in [-0.25, -0.2) is 0 Å². The molecule has 0 saturated carbocycles. The second-order valence-electron chi connectivity index (χ2n) is 10.8. The van der Waals surface area contributed by atoms with Gasteiger partial charge in [0, 0.05) is 6.42 Å². The minimum Gasteiger partial charge on any atom is -0.457 e. The Labute approximate surface area is 266 Å². The highest BCUT2D eigenvalue weighted by molar-refractivity contribution is 5.75. The molecule has 4 nitrogen and oxygen atoms in total. The SMILES string of the molecule is CCCCCCCCCCCCCCC(C)=O.O.c1ccc(Oc2ccccc2)cc1.c1ccc(Oc2ccccc2)cc1. The van der Waals surface area contributed by atoms with Crippen LogP contribution in [0, 0.1) is 0 Å². The summed E-state index contributed by atoms with van der Waals surface area (Å²) < 4.78 is 11.2. The number of hydrogen-bond donors (Lipinski definition) is 0. The predicted molar refractivity (Wildman–Crippen MR) is 186 cm³/mol. The quantitative estimate of drug-likeness (QED) is 0.114. The molecule has 0 atom stereocenters. The summed E-state index contributed by atoms with van der Waals surface area (Å²) in [7, 11) is 0. The molecule has 0 aliphatic heterocycles. The largest absolute Gasteiger partial charge is 0.457 e. The minimum atomic E-state index is 0. The van der Waals surface area contributed by atoms with Gasteiger partial charge in [0.25, 0.3) is 0 Å². The molecular weight excluding hydrogens is 544 g/mol. The van der Waals surface area contributed by atoms with Gasteiger partial charge in [-0.2, -0.15) is 0 Å². The van der Waals surface area contributed by atoms with Crippen molar-refractivity contribution in [3.05, 3.63) is 121 Å². The number of unbranched alkanes of at least 4 members (excludes halogenated alkanes) is 11. The second-order valence-corrected chi connectivity index (χ2v) is 10.8. The van der Waals surface area contributed by atoms with Gasteiger partial charge in [-0.1, -0.05) is 150 Å². The summed E-state index contributed by atoms with van der Waals surface area (Å²) in [4.78, 5) is 10.7. The van der Waals surface area contributed by atoms with Crippen LogP contribution < -0.4 is 9.47 Å². The fourth-order valence-corrected chi connectivity index (χ4v) is 4.44. The molecule has 0 heterocycles. The Balaban J connectivity index is 0.000000329. The molecule has 0 saturated heterocycles. The van der Waals surface area contributed by atoms with Crippen LogP contribution in [0.15, 0.2) is 121 Å². The Morgan fingerprint density at radius 1 is 0.432 bits per heavy atom. The summed E-state index contributed by atoms with van der Waals surface area (Å²) in [6.45, 7) is 3.96. The molecule has 0 amide bonds. The number of ether oxygens (including phenoxy) is 2. The van der Waals surface area contributed by atoms with E-state index >= 15 is 0 Å². The topological polar surface area (TPSA) is 67.0 Å². The first-order valence-electron chi connectivity index (χ1n) is 16.2. The van der Waals surface area contributed by atoms with Crippen molar-refractivity contribution in [3.63, 3.8) is 0 Å². The molecule has 238 valence electrons. The van der Waals surface area contributed by atoms with Crippen LogP contribution in [0.4, 0.5) is 0 Å². The van der Waals surface area contributed by atoms with Gasteiger partial charge in [0.1, 0.15) is 28.8 Å². The third kappa shape index (κ3) is 20.9. The molecule has 4 aromatic carbocycles. The Hall–Kier alpha value is -3.89. The van der Waals surface area contributed by atoms with E-state index in [1.54, 1.807) is 6.92 Å². The van der Waals surface area contributed by atoms with Gasteiger partial charge < -0.3 is 19.7 Å². The van der Waals surface area contributed by atoms with Crippen molar-refractivity contribution < 1.29 is 19.7 Å². The molecule has 0 radical (unpaired) electrons. The highest BCUT2D eigenvalue weighted by atomic mass is 16.5. The van der Waals surface area contributed by atoms with Gasteiger partial charge in [0.15, 0.2) is 0 Å². The molecule has 0 unspecified atom stereocenters. The molecule has 44 heavy (non-hydrogen) atoms. The van der Waals surface area contributed by atoms with Crippen LogP contribution in [0.2, 0.25) is 0 Å². The highest BCUT2D eigenvalue weighted by Crippen LogP contribution is 2.20. The lowest BCUT2D eigenvalue weighted by atomic mass is 10.0. The smallest absolute Gasteiger partial charge is 0.129 e. The standard InChI is InChI=1S/C16H32O.2C12H10O.H2O/c1-3-4-5-6-7-8-9-10-11-12-13-14-15-16(2)17;2*1-3-7-11(8-4-1)13-12-9-5-2-6-10-12;/h3-15H2,1-2H3;2*1-10H;1H2. The summed E-state index contributed by atoms with van der Waals surface area (Å²) in [5.41, 5.74) is 0. The second kappa shape index (κ2) is 26.7. The van der Waals surface area contributed by atoms with E-state index in [-0.39, 0.29) is 5.48 Å². The summed E-state index contributed by atoms with van der Waals surface area (Å²) >= 11 is 0. The van der Waals surface area contributed by atoms with Gasteiger partial charge in [-0.05, 0) is 61.9 Å². The fourth-order valence-electron chi connectivity index (χ4n) is 4.44. The van der Waals surface area contributed by atoms with Crippen LogP contribution in [0.1, 0.15) is 97.3 Å². The molecule has 4 rings (SSSR count). The maximum atomic E-state index is 10.7. The summed E-state index contributed by atoms with van der Waals surface area (Å²) in [6, 6.07) is 39.0. The maximum absolute atomic E-state index is 10.7. The van der Waals surface area contributed by atoms with E-state index in [4.69, 9.17) is 9.47 Å². The number of ketones is 1. The van der Waals surface area contributed by atoms with E-state index in [2.05, 4.69) is 6.92 Å². The fraction of sp³-hybridized carbons (Fsp3) is 0.375. The van der Waals surface area contributed by atoms with Crippen LogP contribution in [-0.2, 0) is 4.79 Å². The Morgan fingerprint density at radius 3 is 0.932 bits per heavy atom. The van der Waals surface area contributed by atoms with Crippen LogP contribution in [0.25, 0.3) is 0 Å². The van der Waals surface area contributed by atoms with Gasteiger partial charge in [-0.3, -0.25) is 0 Å². The average Bonchev–Trinajstić information content (AvgIpc) is 3.04. The van der Waals surface area contributed by atoms with Crippen molar-refractivity contribution in [2.24, 2.45) is 0 Å². The van der Waals surface area contributed by atoms with Crippen molar-refractivity contribution in [1.29, 1.82) is 0 Å². The van der Waals surface area contributed by atoms with E-state index in [1.807, 2.05) is 121 Å². The van der Waals surface area contributed by atoms with Crippen LogP contribution >= 0.6 is 0 Å². The van der Waals surface area contributed by atoms with E-state index in [9.17, 15) is 4.79 Å². The lowest BCUT2D eigenvalue weighted by Crippen LogP contribution is -1.89. The molecule has 0 aliphatic carbocycles. The number of para-hydroxylation sites is 4. The normalized spacial score (nSPS) is 9.77. The molecule has 0 fully saturated rings. The Bertz CT molecular complexity index is 1010. The number of carbonyl (C=O) groups is 1. The zero-order valence-corrected chi connectivity index (χ0v) is 27.0. The van der Waals surface area contributed by atoms with Gasteiger partial charge in [0.2, 0.25) is 0 Å². The first kappa shape index (κ1) is 38.1. The van der Waals surface area contributed by atoms with E-state index < -0.39 is 0 Å². The predicted octanol–water partition coefficient (Wildman–Crippen LogP) is 11.8. The zero-order valence-electron chi connectivity index (χ0n) is 27.0. The molecule has 4 aromatic rings. The summed E-state index contributed by atoms with van der Waals surface area (Å²) in [6.07, 6.45) is 17.1. The first-order chi connectivity index (χ1) is 21.2. The van der Waals surface area contributed by atoms with E-state index in [0.717, 1.165) is 35.8 Å². The lowest BCUT2D eigenvalue weighted by molar-refractivity contribution is -0.117. The number of hydrogen-bond acceptors (Lipinski definition) is 3. The van der Waals surface area contributed by atoms with Crippen LogP contribution in [-0.4, -0.2) is 11.3 Å². The van der Waals surface area contributed by atoms with Crippen molar-refractivity contribution >= 4 is 5.78 Å². The highest BCUT2D eigenvalue weighted by Gasteiger charge is 1.96. The Morgan fingerprint density at radius 2 is 0.682 bits per heavy atom. The van der Waals surface area contributed by atoms with Crippen molar-refractivity contribution in [3.8, 4) is 23.0 Å². The minimum absolute atomic E-state index is 0. The zero-order chi connectivity index (χ0) is 30.6. The molecule has 2 N–H and O–H groups in total. The van der Waals surface area contributed by atoms with Crippen LogP contribution in [0.3, 0.4) is 0 Å². The maximum Gasteiger partial charge on any atom is 0.129 e. The number of rotatable bonds is 17. The van der Waals surface area contributed by atoms with Gasteiger partial charge in [-0.15, -0.1) is 0 Å². The molecule has 0 aromatic heterocycles. The van der Waals surface area contributed by atoms with Crippen LogP contribution in [0.5, 0.6) is 23.0 Å².